The van der Waals surface area contributed by atoms with Crippen molar-refractivity contribution in [2.24, 2.45) is 0 Å². The summed E-state index contributed by atoms with van der Waals surface area (Å²) in [4.78, 5) is 0. The zero-order valence-electron chi connectivity index (χ0n) is 8.99. The molecule has 0 amide bonds. The molecule has 0 saturated heterocycles. The summed E-state index contributed by atoms with van der Waals surface area (Å²) < 4.78 is 22.9. The Hall–Kier alpha value is -0.130. The van der Waals surface area contributed by atoms with Crippen molar-refractivity contribution in [1.29, 1.82) is 0 Å². The van der Waals surface area contributed by atoms with Crippen LogP contribution in [0, 0.1) is 0 Å². The maximum Gasteiger partial charge on any atom is 0.151 e. The molecule has 1 unspecified atom stereocenters. The van der Waals surface area contributed by atoms with Crippen LogP contribution < -0.4 is 5.32 Å². The number of aliphatic hydroxyl groups is 1. The molecular weight excluding hydrogens is 202 g/mol. The minimum absolute atomic E-state index is 0.0271. The van der Waals surface area contributed by atoms with E-state index in [9.17, 15) is 8.42 Å². The van der Waals surface area contributed by atoms with E-state index in [4.69, 9.17) is 5.11 Å². The lowest BCUT2D eigenvalue weighted by Crippen LogP contribution is -2.37. The standard InChI is InChI=1S/C9H21NO3S/c1-3-7-14(12,13)8-9(5-6-11)10-4-2/h9-11H,3-8H2,1-2H3. The second-order valence-electron chi connectivity index (χ2n) is 3.38. The summed E-state index contributed by atoms with van der Waals surface area (Å²) in [6.45, 7) is 4.54. The number of rotatable bonds is 8. The van der Waals surface area contributed by atoms with Gasteiger partial charge in [0, 0.05) is 18.4 Å². The van der Waals surface area contributed by atoms with Crippen molar-refractivity contribution < 1.29 is 13.5 Å². The molecule has 0 aromatic carbocycles. The molecule has 0 bridgehead atoms. The van der Waals surface area contributed by atoms with Crippen LogP contribution in [0.15, 0.2) is 0 Å². The predicted octanol–water partition coefficient (Wildman–Crippen LogP) is 0.172. The molecule has 0 spiro atoms. The second-order valence-corrected chi connectivity index (χ2v) is 5.61. The second kappa shape index (κ2) is 7.20. The van der Waals surface area contributed by atoms with Gasteiger partial charge >= 0.3 is 0 Å². The van der Waals surface area contributed by atoms with Crippen molar-refractivity contribution in [1.82, 2.24) is 5.32 Å². The van der Waals surface area contributed by atoms with Crippen LogP contribution in [0.2, 0.25) is 0 Å². The molecule has 5 heteroatoms. The van der Waals surface area contributed by atoms with Crippen molar-refractivity contribution in [3.05, 3.63) is 0 Å². The average Bonchev–Trinajstić information content (AvgIpc) is 2.03. The van der Waals surface area contributed by atoms with Crippen LogP contribution in [0.4, 0.5) is 0 Å². The number of aliphatic hydroxyl groups excluding tert-OH is 1. The Morgan fingerprint density at radius 1 is 1.36 bits per heavy atom. The molecule has 4 nitrogen and oxygen atoms in total. The van der Waals surface area contributed by atoms with Crippen molar-refractivity contribution in [3.8, 4) is 0 Å². The van der Waals surface area contributed by atoms with E-state index in [-0.39, 0.29) is 24.2 Å². The zero-order chi connectivity index (χ0) is 11.0. The molecule has 0 aliphatic carbocycles. The van der Waals surface area contributed by atoms with Gasteiger partial charge in [-0.15, -0.1) is 0 Å². The van der Waals surface area contributed by atoms with Crippen molar-refractivity contribution in [2.45, 2.75) is 32.7 Å². The molecule has 0 radical (unpaired) electrons. The van der Waals surface area contributed by atoms with Crippen LogP contribution in [-0.2, 0) is 9.84 Å². The van der Waals surface area contributed by atoms with E-state index >= 15 is 0 Å². The van der Waals surface area contributed by atoms with E-state index in [0.717, 1.165) is 6.54 Å². The van der Waals surface area contributed by atoms with Gasteiger partial charge in [-0.25, -0.2) is 8.42 Å². The van der Waals surface area contributed by atoms with Crippen LogP contribution in [0.1, 0.15) is 26.7 Å². The Morgan fingerprint density at radius 3 is 2.43 bits per heavy atom. The lowest BCUT2D eigenvalue weighted by atomic mass is 10.2. The van der Waals surface area contributed by atoms with Gasteiger partial charge < -0.3 is 10.4 Å². The van der Waals surface area contributed by atoms with Crippen molar-refractivity contribution in [3.63, 3.8) is 0 Å². The first kappa shape index (κ1) is 13.9. The van der Waals surface area contributed by atoms with Gasteiger partial charge in [0.1, 0.15) is 0 Å². The van der Waals surface area contributed by atoms with Crippen LogP contribution in [0.25, 0.3) is 0 Å². The third-order valence-electron chi connectivity index (χ3n) is 1.94. The highest BCUT2D eigenvalue weighted by Gasteiger charge is 2.16. The summed E-state index contributed by atoms with van der Waals surface area (Å²) in [5, 5.41) is 11.8. The van der Waals surface area contributed by atoms with Crippen LogP contribution >= 0.6 is 0 Å². The first-order valence-electron chi connectivity index (χ1n) is 5.10. The molecule has 0 saturated carbocycles. The molecule has 14 heavy (non-hydrogen) atoms. The lowest BCUT2D eigenvalue weighted by Gasteiger charge is -2.16. The summed E-state index contributed by atoms with van der Waals surface area (Å²) >= 11 is 0. The summed E-state index contributed by atoms with van der Waals surface area (Å²) in [6, 6.07) is -0.110. The summed E-state index contributed by atoms with van der Waals surface area (Å²) in [5.74, 6) is 0.371. The van der Waals surface area contributed by atoms with Gasteiger partial charge in [-0.1, -0.05) is 13.8 Å². The quantitative estimate of drug-likeness (QED) is 0.616. The molecule has 0 fully saturated rings. The molecule has 0 heterocycles. The summed E-state index contributed by atoms with van der Waals surface area (Å²) in [5.41, 5.74) is 0. The molecular formula is C9H21NO3S. The van der Waals surface area contributed by atoms with E-state index < -0.39 is 9.84 Å². The lowest BCUT2D eigenvalue weighted by molar-refractivity contribution is 0.270. The normalized spacial score (nSPS) is 14.2. The van der Waals surface area contributed by atoms with Crippen LogP contribution in [-0.4, -0.2) is 44.2 Å². The maximum atomic E-state index is 11.5. The molecule has 0 aliphatic rings. The molecule has 1 atom stereocenters. The molecule has 86 valence electrons. The number of hydrogen-bond acceptors (Lipinski definition) is 4. The first-order chi connectivity index (χ1) is 6.55. The minimum atomic E-state index is -2.95. The topological polar surface area (TPSA) is 66.4 Å². The fraction of sp³-hybridized carbons (Fsp3) is 1.00. The van der Waals surface area contributed by atoms with Gasteiger partial charge in [0.2, 0.25) is 0 Å². The van der Waals surface area contributed by atoms with E-state index in [1.165, 1.54) is 0 Å². The third-order valence-corrected chi connectivity index (χ3v) is 3.88. The maximum absolute atomic E-state index is 11.5. The Labute approximate surface area is 86.6 Å². The fourth-order valence-corrected chi connectivity index (χ4v) is 3.08. The molecule has 0 aliphatic heterocycles. The average molecular weight is 223 g/mol. The summed E-state index contributed by atoms with van der Waals surface area (Å²) in [6.07, 6.45) is 1.15. The molecule has 0 aromatic rings. The SMILES string of the molecule is CCCS(=O)(=O)CC(CCO)NCC. The monoisotopic (exact) mass is 223 g/mol. The summed E-state index contributed by atoms with van der Waals surface area (Å²) in [7, 11) is -2.95. The van der Waals surface area contributed by atoms with Gasteiger partial charge in [-0.05, 0) is 19.4 Å². The van der Waals surface area contributed by atoms with Gasteiger partial charge in [0.25, 0.3) is 0 Å². The fourth-order valence-electron chi connectivity index (χ4n) is 1.39. The van der Waals surface area contributed by atoms with Gasteiger partial charge in [-0.3, -0.25) is 0 Å². The first-order valence-corrected chi connectivity index (χ1v) is 6.92. The predicted molar refractivity (Wildman–Crippen MR) is 58.1 cm³/mol. The van der Waals surface area contributed by atoms with Crippen LogP contribution in [0.5, 0.6) is 0 Å². The largest absolute Gasteiger partial charge is 0.396 e. The van der Waals surface area contributed by atoms with E-state index in [2.05, 4.69) is 5.32 Å². The van der Waals surface area contributed by atoms with E-state index in [1.54, 1.807) is 0 Å². The zero-order valence-corrected chi connectivity index (χ0v) is 9.81. The minimum Gasteiger partial charge on any atom is -0.396 e. The Balaban J connectivity index is 4.13. The Morgan fingerprint density at radius 2 is 2.00 bits per heavy atom. The van der Waals surface area contributed by atoms with E-state index in [0.29, 0.717) is 12.8 Å². The smallest absolute Gasteiger partial charge is 0.151 e. The Kier molecular flexibility index (Phi) is 7.13. The molecule has 0 rings (SSSR count). The highest BCUT2D eigenvalue weighted by molar-refractivity contribution is 7.91. The Bertz CT molecular complexity index is 220. The van der Waals surface area contributed by atoms with Crippen molar-refractivity contribution in [2.75, 3.05) is 24.7 Å². The van der Waals surface area contributed by atoms with Gasteiger partial charge in [0.05, 0.1) is 5.75 Å². The highest BCUT2D eigenvalue weighted by Crippen LogP contribution is 2.00. The van der Waals surface area contributed by atoms with Gasteiger partial charge in [-0.2, -0.15) is 0 Å². The number of hydrogen-bond donors (Lipinski definition) is 2. The highest BCUT2D eigenvalue weighted by atomic mass is 32.2. The van der Waals surface area contributed by atoms with Crippen molar-refractivity contribution >= 4 is 9.84 Å². The molecule has 2 N–H and O–H groups in total. The van der Waals surface area contributed by atoms with Gasteiger partial charge in [0.15, 0.2) is 9.84 Å². The van der Waals surface area contributed by atoms with E-state index in [1.807, 2.05) is 13.8 Å². The third kappa shape index (κ3) is 6.34. The van der Waals surface area contributed by atoms with Crippen LogP contribution in [0.3, 0.4) is 0 Å². The molecule has 0 aromatic heterocycles. The number of sulfone groups is 1. The number of nitrogens with one attached hydrogen (secondary N) is 1.